The number of nitrogens with zero attached hydrogens (tertiary/aromatic N) is 1. The van der Waals surface area contributed by atoms with Gasteiger partial charge in [-0.2, -0.15) is 0 Å². The molecule has 1 heterocycles. The van der Waals surface area contributed by atoms with E-state index in [4.69, 9.17) is 0 Å². The van der Waals surface area contributed by atoms with E-state index in [0.717, 1.165) is 6.42 Å². The normalized spacial score (nSPS) is 11.1. The Hall–Kier alpha value is 0.110. The maximum Gasteiger partial charge on any atom is 0.0965 e. The monoisotopic (exact) mass is 247 g/mol. The van der Waals surface area contributed by atoms with E-state index < -0.39 is 0 Å². The first-order valence-electron chi connectivity index (χ1n) is 4.30. The highest BCUT2D eigenvalue weighted by atomic mass is 79.9. The van der Waals surface area contributed by atoms with Gasteiger partial charge in [-0.1, -0.05) is 27.2 Å². The van der Waals surface area contributed by atoms with Crippen LogP contribution >= 0.6 is 27.3 Å². The van der Waals surface area contributed by atoms with Crippen molar-refractivity contribution in [3.05, 3.63) is 14.5 Å². The van der Waals surface area contributed by atoms with Crippen LogP contribution < -0.4 is 0 Å². The van der Waals surface area contributed by atoms with Gasteiger partial charge in [-0.15, -0.1) is 11.3 Å². The molecule has 0 saturated heterocycles. The van der Waals surface area contributed by atoms with E-state index in [1.54, 1.807) is 11.3 Å². The highest BCUT2D eigenvalue weighted by molar-refractivity contribution is 9.11. The third-order valence-electron chi connectivity index (χ3n) is 1.65. The average Bonchev–Trinajstić information content (AvgIpc) is 2.34. The lowest BCUT2D eigenvalue weighted by atomic mass is 10.2. The Kier molecular flexibility index (Phi) is 3.72. The van der Waals surface area contributed by atoms with Crippen LogP contribution in [0.25, 0.3) is 0 Å². The molecule has 1 aromatic rings. The maximum atomic E-state index is 4.57. The summed E-state index contributed by atoms with van der Waals surface area (Å²) in [4.78, 5) is 4.57. The van der Waals surface area contributed by atoms with Crippen molar-refractivity contribution in [2.24, 2.45) is 0 Å². The second kappa shape index (κ2) is 4.38. The second-order valence-corrected chi connectivity index (χ2v) is 5.53. The van der Waals surface area contributed by atoms with Gasteiger partial charge >= 0.3 is 0 Å². The van der Waals surface area contributed by atoms with E-state index in [0.29, 0.717) is 5.92 Å². The molecule has 1 aromatic heterocycles. The first-order valence-corrected chi connectivity index (χ1v) is 5.91. The highest BCUT2D eigenvalue weighted by Gasteiger charge is 2.09. The SMILES string of the molecule is CCCc1nc(C(C)C)sc1Br. The van der Waals surface area contributed by atoms with Gasteiger partial charge in [0.15, 0.2) is 0 Å². The Labute approximate surface area is 86.3 Å². The number of rotatable bonds is 3. The molecule has 0 aromatic carbocycles. The summed E-state index contributed by atoms with van der Waals surface area (Å²) in [5.74, 6) is 0.553. The number of aryl methyl sites for hydroxylation is 1. The van der Waals surface area contributed by atoms with Gasteiger partial charge in [0.1, 0.15) is 0 Å². The molecule has 0 atom stereocenters. The fourth-order valence-corrected chi connectivity index (χ4v) is 2.61. The van der Waals surface area contributed by atoms with Crippen LogP contribution in [0, 0.1) is 0 Å². The maximum absolute atomic E-state index is 4.57. The molecule has 0 amide bonds. The van der Waals surface area contributed by atoms with Gasteiger partial charge < -0.3 is 0 Å². The Bertz CT molecular complexity index is 255. The molecule has 0 spiro atoms. The van der Waals surface area contributed by atoms with Crippen molar-refractivity contribution in [3.63, 3.8) is 0 Å². The van der Waals surface area contributed by atoms with Gasteiger partial charge in [-0.05, 0) is 22.4 Å². The Morgan fingerprint density at radius 3 is 2.58 bits per heavy atom. The molecular formula is C9H14BrNS. The van der Waals surface area contributed by atoms with Crippen LogP contribution in [0.15, 0.2) is 3.79 Å². The summed E-state index contributed by atoms with van der Waals surface area (Å²) in [5, 5.41) is 1.24. The minimum absolute atomic E-state index is 0.553. The van der Waals surface area contributed by atoms with Crippen LogP contribution in [0.2, 0.25) is 0 Å². The lowest BCUT2D eigenvalue weighted by Crippen LogP contribution is -1.88. The largest absolute Gasteiger partial charge is 0.245 e. The van der Waals surface area contributed by atoms with E-state index in [-0.39, 0.29) is 0 Å². The minimum Gasteiger partial charge on any atom is -0.245 e. The average molecular weight is 248 g/mol. The summed E-state index contributed by atoms with van der Waals surface area (Å²) in [6.07, 6.45) is 2.25. The quantitative estimate of drug-likeness (QED) is 0.788. The Balaban J connectivity index is 2.85. The molecule has 0 aliphatic heterocycles. The molecule has 1 nitrogen and oxygen atoms in total. The van der Waals surface area contributed by atoms with Crippen LogP contribution in [0.4, 0.5) is 0 Å². The van der Waals surface area contributed by atoms with Crippen molar-refractivity contribution in [1.82, 2.24) is 4.98 Å². The third kappa shape index (κ3) is 2.30. The fourth-order valence-electron chi connectivity index (χ4n) is 0.988. The number of hydrogen-bond acceptors (Lipinski definition) is 2. The molecule has 0 unspecified atom stereocenters. The van der Waals surface area contributed by atoms with Crippen LogP contribution in [-0.2, 0) is 6.42 Å². The summed E-state index contributed by atoms with van der Waals surface area (Å²) in [7, 11) is 0. The summed E-state index contributed by atoms with van der Waals surface area (Å²) >= 11 is 5.31. The Morgan fingerprint density at radius 1 is 1.50 bits per heavy atom. The molecule has 0 aliphatic carbocycles. The number of aromatic nitrogens is 1. The smallest absolute Gasteiger partial charge is 0.0965 e. The molecular weight excluding hydrogens is 234 g/mol. The number of halogens is 1. The molecule has 0 aliphatic rings. The Morgan fingerprint density at radius 2 is 2.17 bits per heavy atom. The molecule has 0 fully saturated rings. The van der Waals surface area contributed by atoms with E-state index in [1.807, 2.05) is 0 Å². The zero-order valence-corrected chi connectivity index (χ0v) is 10.1. The van der Waals surface area contributed by atoms with Gasteiger partial charge in [0, 0.05) is 5.92 Å². The summed E-state index contributed by atoms with van der Waals surface area (Å²) in [6, 6.07) is 0. The minimum atomic E-state index is 0.553. The summed E-state index contributed by atoms with van der Waals surface area (Å²) < 4.78 is 1.22. The predicted octanol–water partition coefficient (Wildman–Crippen LogP) is 3.98. The predicted molar refractivity (Wildman–Crippen MR) is 57.9 cm³/mol. The molecule has 0 bridgehead atoms. The van der Waals surface area contributed by atoms with Gasteiger partial charge in [-0.25, -0.2) is 4.98 Å². The van der Waals surface area contributed by atoms with Crippen molar-refractivity contribution < 1.29 is 0 Å². The van der Waals surface area contributed by atoms with Gasteiger partial charge in [-0.3, -0.25) is 0 Å². The molecule has 0 N–H and O–H groups in total. The van der Waals surface area contributed by atoms with E-state index in [9.17, 15) is 0 Å². The fraction of sp³-hybridized carbons (Fsp3) is 0.667. The van der Waals surface area contributed by atoms with Gasteiger partial charge in [0.2, 0.25) is 0 Å². The summed E-state index contributed by atoms with van der Waals surface area (Å²) in [6.45, 7) is 6.54. The van der Waals surface area contributed by atoms with Crippen molar-refractivity contribution in [3.8, 4) is 0 Å². The number of hydrogen-bond donors (Lipinski definition) is 0. The van der Waals surface area contributed by atoms with Crippen molar-refractivity contribution in [2.75, 3.05) is 0 Å². The molecule has 12 heavy (non-hydrogen) atoms. The topological polar surface area (TPSA) is 12.9 Å². The van der Waals surface area contributed by atoms with Gasteiger partial charge in [0.25, 0.3) is 0 Å². The molecule has 0 radical (unpaired) electrons. The highest BCUT2D eigenvalue weighted by Crippen LogP contribution is 2.29. The second-order valence-electron chi connectivity index (χ2n) is 3.18. The molecule has 1 rings (SSSR count). The first kappa shape index (κ1) is 10.2. The van der Waals surface area contributed by atoms with Crippen LogP contribution in [0.5, 0.6) is 0 Å². The lowest BCUT2D eigenvalue weighted by molar-refractivity contribution is 0.821. The summed E-state index contributed by atoms with van der Waals surface area (Å²) in [5.41, 5.74) is 1.23. The van der Waals surface area contributed by atoms with E-state index >= 15 is 0 Å². The third-order valence-corrected chi connectivity index (χ3v) is 3.78. The van der Waals surface area contributed by atoms with Gasteiger partial charge in [0.05, 0.1) is 14.5 Å². The van der Waals surface area contributed by atoms with E-state index in [2.05, 4.69) is 41.7 Å². The molecule has 0 saturated carbocycles. The number of thiazole rings is 1. The molecule has 3 heteroatoms. The van der Waals surface area contributed by atoms with E-state index in [1.165, 1.54) is 20.9 Å². The zero-order valence-electron chi connectivity index (χ0n) is 7.72. The standard InChI is InChI=1S/C9H14BrNS/c1-4-5-7-8(10)12-9(11-7)6(2)3/h6H,4-5H2,1-3H3. The molecule has 68 valence electrons. The van der Waals surface area contributed by atoms with Crippen LogP contribution in [-0.4, -0.2) is 4.98 Å². The van der Waals surface area contributed by atoms with Crippen molar-refractivity contribution in [1.29, 1.82) is 0 Å². The van der Waals surface area contributed by atoms with Crippen LogP contribution in [0.3, 0.4) is 0 Å². The van der Waals surface area contributed by atoms with Crippen molar-refractivity contribution >= 4 is 27.3 Å². The van der Waals surface area contributed by atoms with Crippen molar-refractivity contribution in [2.45, 2.75) is 39.5 Å². The first-order chi connectivity index (χ1) is 5.65. The lowest BCUT2D eigenvalue weighted by Gasteiger charge is -1.95. The van der Waals surface area contributed by atoms with Crippen LogP contribution in [0.1, 0.15) is 43.8 Å². The zero-order chi connectivity index (χ0) is 9.14.